The molecule has 19 heteroatoms. The van der Waals surface area contributed by atoms with Crippen molar-refractivity contribution in [3.63, 3.8) is 0 Å². The minimum absolute atomic E-state index is 0.0421. The molecule has 6 rings (SSSR count). The van der Waals surface area contributed by atoms with Crippen molar-refractivity contribution in [1.82, 2.24) is 30.6 Å². The predicted octanol–water partition coefficient (Wildman–Crippen LogP) is 5.99. The van der Waals surface area contributed by atoms with Gasteiger partial charge in [-0.15, -0.1) is 0 Å². The molecule has 1 aliphatic carbocycles. The van der Waals surface area contributed by atoms with Gasteiger partial charge in [0.25, 0.3) is 5.91 Å². The topological polar surface area (TPSA) is 189 Å². The Hall–Kier alpha value is -6.33. The second-order valence-corrected chi connectivity index (χ2v) is 13.2. The van der Waals surface area contributed by atoms with Crippen LogP contribution in [0.15, 0.2) is 97.3 Å². The number of hydrogen-bond acceptors (Lipinski definition) is 11. The van der Waals surface area contributed by atoms with Gasteiger partial charge in [0.15, 0.2) is 6.61 Å². The Bertz CT molecular complexity index is 2230. The molecule has 0 saturated heterocycles. The van der Waals surface area contributed by atoms with Crippen LogP contribution in [-0.2, 0) is 19.9 Å². The maximum absolute atomic E-state index is 13.0. The van der Waals surface area contributed by atoms with Crippen molar-refractivity contribution in [3.8, 4) is 17.1 Å². The van der Waals surface area contributed by atoms with Crippen molar-refractivity contribution in [3.05, 3.63) is 113 Å². The molecule has 0 aliphatic heterocycles. The van der Waals surface area contributed by atoms with E-state index in [1.165, 1.54) is 24.3 Å². The molecule has 1 atom stereocenters. The molecule has 288 valence electrons. The molecular formula is C37H30Cl2F3N9O5. The van der Waals surface area contributed by atoms with E-state index in [0.717, 1.165) is 16.7 Å². The standard InChI is InChI=1S/C37H30Cl2F3N9O5/c38-25-10-8-24(9-11-25)36(14-15-36)51-34-48-33(49-35(50-34)56-20-37(40,41)42)46-26-12-6-21(7-13-26)30(53)47-28(29(39)52)19-44-31(54)32(55)45-27-5-1-3-22(17-27)23-4-2-16-43-18-23/h1-13,16-18,28H,14-15,19-20H2,(H,44,54)(H,45,55)(H,47,53)(H2,46,48,49,50,51)/t28-/m0/s1. The first-order chi connectivity index (χ1) is 26.7. The van der Waals surface area contributed by atoms with Gasteiger partial charge in [-0.3, -0.25) is 24.2 Å². The summed E-state index contributed by atoms with van der Waals surface area (Å²) < 4.78 is 43.7. The van der Waals surface area contributed by atoms with Gasteiger partial charge in [-0.25, -0.2) is 0 Å². The summed E-state index contributed by atoms with van der Waals surface area (Å²) in [7, 11) is 0. The Morgan fingerprint density at radius 3 is 2.21 bits per heavy atom. The number of alkyl halides is 3. The van der Waals surface area contributed by atoms with Crippen molar-refractivity contribution < 1.29 is 37.1 Å². The molecular weight excluding hydrogens is 778 g/mol. The third kappa shape index (κ3) is 10.7. The highest BCUT2D eigenvalue weighted by Gasteiger charge is 2.45. The molecule has 2 aromatic heterocycles. The summed E-state index contributed by atoms with van der Waals surface area (Å²) in [6, 6.07) is 21.1. The van der Waals surface area contributed by atoms with Crippen molar-refractivity contribution in [1.29, 1.82) is 0 Å². The summed E-state index contributed by atoms with van der Waals surface area (Å²) >= 11 is 11.7. The Labute approximate surface area is 326 Å². The van der Waals surface area contributed by atoms with Gasteiger partial charge in [-0.1, -0.05) is 41.9 Å². The molecule has 0 unspecified atom stereocenters. The van der Waals surface area contributed by atoms with Gasteiger partial charge in [-0.2, -0.15) is 28.1 Å². The van der Waals surface area contributed by atoms with Crippen LogP contribution >= 0.6 is 23.2 Å². The minimum atomic E-state index is -4.65. The molecule has 5 aromatic rings. The Morgan fingerprint density at radius 1 is 0.839 bits per heavy atom. The van der Waals surface area contributed by atoms with E-state index in [0.29, 0.717) is 29.2 Å². The first-order valence-electron chi connectivity index (χ1n) is 16.7. The number of nitrogens with one attached hydrogen (secondary N) is 5. The van der Waals surface area contributed by atoms with Gasteiger partial charge in [-0.05, 0) is 90.2 Å². The number of carbonyl (C=O) groups is 4. The van der Waals surface area contributed by atoms with Gasteiger partial charge in [0.05, 0.1) is 5.54 Å². The van der Waals surface area contributed by atoms with Crippen LogP contribution in [0, 0.1) is 0 Å². The average Bonchev–Trinajstić information content (AvgIpc) is 3.96. The van der Waals surface area contributed by atoms with Crippen LogP contribution in [0.5, 0.6) is 6.01 Å². The number of pyridine rings is 1. The number of anilines is 4. The smallest absolute Gasteiger partial charge is 0.422 e. The van der Waals surface area contributed by atoms with Crippen LogP contribution in [0.3, 0.4) is 0 Å². The minimum Gasteiger partial charge on any atom is -0.454 e. The van der Waals surface area contributed by atoms with Crippen LogP contribution in [-0.4, -0.2) is 68.3 Å². The summed E-state index contributed by atoms with van der Waals surface area (Å²) in [6.45, 7) is -2.13. The fourth-order valence-corrected chi connectivity index (χ4v) is 5.57. The zero-order chi connectivity index (χ0) is 39.9. The summed E-state index contributed by atoms with van der Waals surface area (Å²) in [5, 5.41) is 12.7. The fraction of sp³-hybridized carbons (Fsp3) is 0.189. The van der Waals surface area contributed by atoms with Gasteiger partial charge in [0, 0.05) is 46.5 Å². The van der Waals surface area contributed by atoms with Crippen LogP contribution < -0.4 is 31.3 Å². The van der Waals surface area contributed by atoms with E-state index in [-0.39, 0.29) is 17.5 Å². The van der Waals surface area contributed by atoms with E-state index in [1.807, 2.05) is 24.3 Å². The zero-order valence-corrected chi connectivity index (χ0v) is 30.4. The Balaban J connectivity index is 1.06. The predicted molar refractivity (Wildman–Crippen MR) is 201 cm³/mol. The van der Waals surface area contributed by atoms with Crippen LogP contribution in [0.1, 0.15) is 28.8 Å². The van der Waals surface area contributed by atoms with Crippen LogP contribution in [0.2, 0.25) is 5.02 Å². The third-order valence-corrected chi connectivity index (χ3v) is 8.76. The normalized spacial score (nSPS) is 13.4. The highest BCUT2D eigenvalue weighted by Crippen LogP contribution is 2.48. The second kappa shape index (κ2) is 17.0. The number of amides is 3. The molecule has 0 bridgehead atoms. The van der Waals surface area contributed by atoms with Crippen molar-refractivity contribution in [2.75, 3.05) is 29.1 Å². The fourth-order valence-electron chi connectivity index (χ4n) is 5.31. The van der Waals surface area contributed by atoms with E-state index >= 15 is 0 Å². The molecule has 0 spiro atoms. The zero-order valence-electron chi connectivity index (χ0n) is 28.9. The lowest BCUT2D eigenvalue weighted by molar-refractivity contribution is -0.154. The van der Waals surface area contributed by atoms with Gasteiger partial charge in [0.2, 0.25) is 17.1 Å². The van der Waals surface area contributed by atoms with E-state index < -0.39 is 59.9 Å². The third-order valence-electron chi connectivity index (χ3n) is 8.25. The van der Waals surface area contributed by atoms with Gasteiger partial charge >= 0.3 is 24.0 Å². The van der Waals surface area contributed by atoms with E-state index in [1.54, 1.807) is 48.8 Å². The Kier molecular flexibility index (Phi) is 11.9. The lowest BCUT2D eigenvalue weighted by Gasteiger charge is -2.19. The number of ether oxygens (including phenoxy) is 1. The van der Waals surface area contributed by atoms with E-state index in [2.05, 4.69) is 46.5 Å². The highest BCUT2D eigenvalue weighted by atomic mass is 35.5. The van der Waals surface area contributed by atoms with Gasteiger partial charge in [0.1, 0.15) is 6.04 Å². The molecule has 0 radical (unpaired) electrons. The van der Waals surface area contributed by atoms with Crippen molar-refractivity contribution in [2.45, 2.75) is 30.6 Å². The molecule has 56 heavy (non-hydrogen) atoms. The second-order valence-electron chi connectivity index (χ2n) is 12.4. The number of halogens is 5. The molecule has 3 amide bonds. The molecule has 2 heterocycles. The summed E-state index contributed by atoms with van der Waals surface area (Å²) in [5.74, 6) is -3.03. The lowest BCUT2D eigenvalue weighted by Crippen LogP contribution is -2.49. The van der Waals surface area contributed by atoms with E-state index in [4.69, 9.17) is 27.9 Å². The number of nitrogens with zero attached hydrogens (tertiary/aromatic N) is 4. The molecule has 1 aliphatic rings. The highest BCUT2D eigenvalue weighted by molar-refractivity contribution is 6.65. The maximum Gasteiger partial charge on any atom is 0.422 e. The number of rotatable bonds is 14. The monoisotopic (exact) mass is 807 g/mol. The first-order valence-corrected chi connectivity index (χ1v) is 17.5. The average molecular weight is 809 g/mol. The molecule has 5 N–H and O–H groups in total. The molecule has 3 aromatic carbocycles. The number of hydrogen-bond donors (Lipinski definition) is 5. The first kappa shape index (κ1) is 39.4. The number of carbonyl (C=O) groups excluding carboxylic acids is 4. The number of aromatic nitrogens is 4. The SMILES string of the molecule is O=C(NC[C@H](NC(=O)c1ccc(Nc2nc(NC3(c4ccc(Cl)cc4)CC3)nc(OCC(F)(F)F)n2)cc1)C(=O)Cl)C(=O)Nc1cccc(-c2cccnc2)c1. The van der Waals surface area contributed by atoms with Crippen LogP contribution in [0.4, 0.5) is 36.4 Å². The summed E-state index contributed by atoms with van der Waals surface area (Å²) in [4.78, 5) is 66.7. The summed E-state index contributed by atoms with van der Waals surface area (Å²) in [5.41, 5.74) is 2.61. The maximum atomic E-state index is 13.0. The molecule has 1 fully saturated rings. The molecule has 1 saturated carbocycles. The van der Waals surface area contributed by atoms with Crippen molar-refractivity contribution >= 4 is 69.4 Å². The quantitative estimate of drug-likeness (QED) is 0.0655. The Morgan fingerprint density at radius 2 is 1.55 bits per heavy atom. The lowest BCUT2D eigenvalue weighted by atomic mass is 10.1. The largest absolute Gasteiger partial charge is 0.454 e. The van der Waals surface area contributed by atoms with Crippen LogP contribution in [0.25, 0.3) is 11.1 Å². The molecule has 14 nitrogen and oxygen atoms in total. The summed E-state index contributed by atoms with van der Waals surface area (Å²) in [6.07, 6.45) is 0.0265. The van der Waals surface area contributed by atoms with E-state index in [9.17, 15) is 32.3 Å². The van der Waals surface area contributed by atoms with Gasteiger partial charge < -0.3 is 31.3 Å². The van der Waals surface area contributed by atoms with Crippen molar-refractivity contribution in [2.24, 2.45) is 0 Å². The number of benzene rings is 3.